The second-order valence-corrected chi connectivity index (χ2v) is 5.67. The van der Waals surface area contributed by atoms with Crippen LogP contribution in [-0.2, 0) is 10.3 Å². The SMILES string of the molecule is C=CCC(O)(CCN1CCOCC1)c1ccc(Cl)cc1. The Morgan fingerprint density at radius 1 is 1.30 bits per heavy atom. The molecule has 2 rings (SSSR count). The van der Waals surface area contributed by atoms with Gasteiger partial charge in [0.25, 0.3) is 0 Å². The Morgan fingerprint density at radius 2 is 1.95 bits per heavy atom. The number of aliphatic hydroxyl groups is 1. The molecule has 1 atom stereocenters. The Balaban J connectivity index is 2.03. The van der Waals surface area contributed by atoms with E-state index in [2.05, 4.69) is 11.5 Å². The molecule has 3 nitrogen and oxygen atoms in total. The van der Waals surface area contributed by atoms with Crippen molar-refractivity contribution in [3.8, 4) is 0 Å². The van der Waals surface area contributed by atoms with Crippen LogP contribution in [0.2, 0.25) is 5.02 Å². The van der Waals surface area contributed by atoms with Crippen LogP contribution < -0.4 is 0 Å². The minimum Gasteiger partial charge on any atom is -0.385 e. The highest BCUT2D eigenvalue weighted by molar-refractivity contribution is 6.30. The van der Waals surface area contributed by atoms with Gasteiger partial charge in [-0.3, -0.25) is 4.90 Å². The lowest BCUT2D eigenvalue weighted by Gasteiger charge is -2.32. The number of benzene rings is 1. The Hall–Kier alpha value is -0.870. The summed E-state index contributed by atoms with van der Waals surface area (Å²) >= 11 is 5.91. The average Bonchev–Trinajstić information content (AvgIpc) is 2.47. The van der Waals surface area contributed by atoms with Crippen LogP contribution in [0, 0.1) is 0 Å². The number of hydrogen-bond acceptors (Lipinski definition) is 3. The van der Waals surface area contributed by atoms with Crippen molar-refractivity contribution in [3.63, 3.8) is 0 Å². The molecule has 0 radical (unpaired) electrons. The Labute approximate surface area is 125 Å². The van der Waals surface area contributed by atoms with E-state index in [4.69, 9.17) is 16.3 Å². The zero-order valence-electron chi connectivity index (χ0n) is 11.7. The molecule has 0 bridgehead atoms. The zero-order valence-corrected chi connectivity index (χ0v) is 12.5. The molecule has 1 heterocycles. The topological polar surface area (TPSA) is 32.7 Å². The summed E-state index contributed by atoms with van der Waals surface area (Å²) in [5.41, 5.74) is 0.0278. The molecular weight excluding hydrogens is 274 g/mol. The summed E-state index contributed by atoms with van der Waals surface area (Å²) < 4.78 is 5.34. The van der Waals surface area contributed by atoms with Crippen molar-refractivity contribution in [1.29, 1.82) is 0 Å². The summed E-state index contributed by atoms with van der Waals surface area (Å²) in [4.78, 5) is 2.33. The Bertz CT molecular complexity index is 429. The molecule has 1 unspecified atom stereocenters. The average molecular weight is 296 g/mol. The molecule has 0 amide bonds. The molecule has 0 aliphatic carbocycles. The quantitative estimate of drug-likeness (QED) is 0.819. The maximum absolute atomic E-state index is 10.9. The maximum Gasteiger partial charge on any atom is 0.0942 e. The van der Waals surface area contributed by atoms with Gasteiger partial charge in [0.05, 0.1) is 18.8 Å². The van der Waals surface area contributed by atoms with Crippen LogP contribution in [-0.4, -0.2) is 42.9 Å². The molecule has 1 aliphatic heterocycles. The highest BCUT2D eigenvalue weighted by Crippen LogP contribution is 2.30. The van der Waals surface area contributed by atoms with Crippen molar-refractivity contribution in [2.24, 2.45) is 0 Å². The van der Waals surface area contributed by atoms with Gasteiger partial charge in [0.2, 0.25) is 0 Å². The maximum atomic E-state index is 10.9. The first-order chi connectivity index (χ1) is 9.64. The minimum atomic E-state index is -0.870. The largest absolute Gasteiger partial charge is 0.385 e. The van der Waals surface area contributed by atoms with Crippen LogP contribution in [0.25, 0.3) is 0 Å². The van der Waals surface area contributed by atoms with E-state index >= 15 is 0 Å². The van der Waals surface area contributed by atoms with Crippen LogP contribution in [0.3, 0.4) is 0 Å². The fraction of sp³-hybridized carbons (Fsp3) is 0.500. The summed E-state index contributed by atoms with van der Waals surface area (Å²) in [6.45, 7) is 8.05. The van der Waals surface area contributed by atoms with Gasteiger partial charge < -0.3 is 9.84 Å². The summed E-state index contributed by atoms with van der Waals surface area (Å²) in [5, 5.41) is 11.6. The van der Waals surface area contributed by atoms with Gasteiger partial charge in [0, 0.05) is 24.7 Å². The first kappa shape index (κ1) is 15.5. The lowest BCUT2D eigenvalue weighted by Crippen LogP contribution is -2.39. The molecule has 1 saturated heterocycles. The summed E-state index contributed by atoms with van der Waals surface area (Å²) in [5.74, 6) is 0. The minimum absolute atomic E-state index is 0.541. The van der Waals surface area contributed by atoms with Gasteiger partial charge >= 0.3 is 0 Å². The van der Waals surface area contributed by atoms with Crippen LogP contribution in [0.15, 0.2) is 36.9 Å². The molecule has 4 heteroatoms. The lowest BCUT2D eigenvalue weighted by molar-refractivity contribution is -0.00295. The van der Waals surface area contributed by atoms with Crippen LogP contribution in [0.4, 0.5) is 0 Å². The molecule has 110 valence electrons. The first-order valence-electron chi connectivity index (χ1n) is 7.03. The first-order valence-corrected chi connectivity index (χ1v) is 7.41. The molecule has 0 saturated carbocycles. The van der Waals surface area contributed by atoms with E-state index in [0.29, 0.717) is 17.9 Å². The summed E-state index contributed by atoms with van der Waals surface area (Å²) in [7, 11) is 0. The summed E-state index contributed by atoms with van der Waals surface area (Å²) in [6, 6.07) is 7.43. The third kappa shape index (κ3) is 4.06. The van der Waals surface area contributed by atoms with Gasteiger partial charge in [-0.25, -0.2) is 0 Å². The van der Waals surface area contributed by atoms with Crippen molar-refractivity contribution in [3.05, 3.63) is 47.5 Å². The van der Waals surface area contributed by atoms with Gasteiger partial charge in [-0.05, 0) is 30.5 Å². The van der Waals surface area contributed by atoms with E-state index in [1.807, 2.05) is 24.3 Å². The summed E-state index contributed by atoms with van der Waals surface area (Å²) in [6.07, 6.45) is 2.99. The molecule has 1 N–H and O–H groups in total. The molecule has 0 aromatic heterocycles. The van der Waals surface area contributed by atoms with Crippen LogP contribution >= 0.6 is 11.6 Å². The van der Waals surface area contributed by atoms with E-state index in [9.17, 15) is 5.11 Å². The second-order valence-electron chi connectivity index (χ2n) is 5.24. The fourth-order valence-electron chi connectivity index (χ4n) is 2.53. The van der Waals surface area contributed by atoms with Crippen molar-refractivity contribution in [2.75, 3.05) is 32.8 Å². The van der Waals surface area contributed by atoms with E-state index in [1.54, 1.807) is 6.08 Å². The predicted octanol–water partition coefficient (Wildman–Crippen LogP) is 2.83. The number of hydrogen-bond donors (Lipinski definition) is 1. The molecule has 0 spiro atoms. The molecule has 1 fully saturated rings. The lowest BCUT2D eigenvalue weighted by atomic mass is 9.87. The standard InChI is InChI=1S/C16H22ClNO2/c1-2-7-16(19,14-3-5-15(17)6-4-14)8-9-18-10-12-20-13-11-18/h2-6,19H,1,7-13H2. The second kappa shape index (κ2) is 7.23. The predicted molar refractivity (Wildman–Crippen MR) is 82.0 cm³/mol. The van der Waals surface area contributed by atoms with E-state index in [-0.39, 0.29) is 0 Å². The Morgan fingerprint density at radius 3 is 2.55 bits per heavy atom. The fourth-order valence-corrected chi connectivity index (χ4v) is 2.66. The van der Waals surface area contributed by atoms with Crippen molar-refractivity contribution in [2.45, 2.75) is 18.4 Å². The highest BCUT2D eigenvalue weighted by Gasteiger charge is 2.28. The molecule has 1 aromatic carbocycles. The Kier molecular flexibility index (Phi) is 5.61. The number of halogens is 1. The monoisotopic (exact) mass is 295 g/mol. The van der Waals surface area contributed by atoms with Gasteiger partial charge in [-0.15, -0.1) is 6.58 Å². The highest BCUT2D eigenvalue weighted by atomic mass is 35.5. The normalized spacial score (nSPS) is 19.5. The molecule has 1 aliphatic rings. The van der Waals surface area contributed by atoms with Crippen molar-refractivity contribution >= 4 is 11.6 Å². The van der Waals surface area contributed by atoms with Crippen LogP contribution in [0.1, 0.15) is 18.4 Å². The smallest absolute Gasteiger partial charge is 0.0942 e. The molecular formula is C16H22ClNO2. The third-order valence-corrected chi connectivity index (χ3v) is 4.06. The van der Waals surface area contributed by atoms with Crippen molar-refractivity contribution in [1.82, 2.24) is 4.90 Å². The van der Waals surface area contributed by atoms with E-state index < -0.39 is 5.60 Å². The van der Waals surface area contributed by atoms with E-state index in [1.165, 1.54) is 0 Å². The van der Waals surface area contributed by atoms with Gasteiger partial charge in [0.15, 0.2) is 0 Å². The van der Waals surface area contributed by atoms with Gasteiger partial charge in [-0.1, -0.05) is 29.8 Å². The van der Waals surface area contributed by atoms with Crippen molar-refractivity contribution < 1.29 is 9.84 Å². The third-order valence-electron chi connectivity index (χ3n) is 3.81. The number of ether oxygens (including phenoxy) is 1. The van der Waals surface area contributed by atoms with E-state index in [0.717, 1.165) is 38.4 Å². The number of rotatable bonds is 6. The zero-order chi connectivity index (χ0) is 14.4. The number of morpholine rings is 1. The van der Waals surface area contributed by atoms with Gasteiger partial charge in [-0.2, -0.15) is 0 Å². The van der Waals surface area contributed by atoms with Crippen LogP contribution in [0.5, 0.6) is 0 Å². The van der Waals surface area contributed by atoms with Gasteiger partial charge in [0.1, 0.15) is 0 Å². The number of nitrogens with zero attached hydrogens (tertiary/aromatic N) is 1. The molecule has 20 heavy (non-hydrogen) atoms. The molecule has 1 aromatic rings.